The number of nitro groups is 1. The van der Waals surface area contributed by atoms with Crippen molar-refractivity contribution < 1.29 is 9.72 Å². The van der Waals surface area contributed by atoms with Gasteiger partial charge in [-0.1, -0.05) is 6.07 Å². The van der Waals surface area contributed by atoms with Crippen LogP contribution < -0.4 is 0 Å². The highest BCUT2D eigenvalue weighted by molar-refractivity contribution is 5.90. The number of hydrogen-bond donors (Lipinski definition) is 0. The predicted octanol–water partition coefficient (Wildman–Crippen LogP) is 2.03. The van der Waals surface area contributed by atoms with Gasteiger partial charge in [-0.15, -0.1) is 0 Å². The van der Waals surface area contributed by atoms with Crippen LogP contribution in [0.5, 0.6) is 0 Å². The number of carbonyl (C=O) groups is 1. The predicted molar refractivity (Wildman–Crippen MR) is 59.4 cm³/mol. The van der Waals surface area contributed by atoms with Crippen LogP contribution in [0.2, 0.25) is 0 Å². The van der Waals surface area contributed by atoms with Crippen LogP contribution in [0.4, 0.5) is 5.69 Å². The third-order valence-electron chi connectivity index (χ3n) is 3.16. The Kier molecular flexibility index (Phi) is 2.43. The smallest absolute Gasteiger partial charge is 0.269 e. The van der Waals surface area contributed by atoms with E-state index in [4.69, 9.17) is 0 Å². The van der Waals surface area contributed by atoms with Crippen LogP contribution in [0.1, 0.15) is 24.0 Å². The van der Waals surface area contributed by atoms with E-state index < -0.39 is 10.3 Å². The number of Topliss-reactive ketones (excluding diaryl/α,β-unsaturated/α-hetero) is 1. The van der Waals surface area contributed by atoms with Gasteiger partial charge in [0, 0.05) is 25.0 Å². The minimum Gasteiger partial charge on any atom is -0.300 e. The van der Waals surface area contributed by atoms with Crippen molar-refractivity contribution in [3.05, 3.63) is 39.4 Å². The fourth-order valence-electron chi connectivity index (χ4n) is 2.19. The molecular formula is C12H10N2O3. The maximum Gasteiger partial charge on any atom is 0.269 e. The van der Waals surface area contributed by atoms with Gasteiger partial charge in [0.2, 0.25) is 0 Å². The minimum absolute atomic E-state index is 0.0254. The molecule has 0 bridgehead atoms. The quantitative estimate of drug-likeness (QED) is 0.574. The van der Waals surface area contributed by atoms with Crippen molar-refractivity contribution >= 4 is 11.5 Å². The summed E-state index contributed by atoms with van der Waals surface area (Å²) in [6, 6.07) is 6.56. The zero-order chi connectivity index (χ0) is 12.6. The minimum atomic E-state index is -0.854. The van der Waals surface area contributed by atoms with Gasteiger partial charge < -0.3 is 0 Å². The monoisotopic (exact) mass is 230 g/mol. The Morgan fingerprint density at radius 3 is 2.59 bits per heavy atom. The highest BCUT2D eigenvalue weighted by Gasteiger charge is 2.46. The Balaban J connectivity index is 2.51. The molecule has 0 amide bonds. The topological polar surface area (TPSA) is 84.0 Å². The number of non-ortho nitro benzene ring substituents is 1. The Bertz CT molecular complexity index is 549. The summed E-state index contributed by atoms with van der Waals surface area (Å²) in [6.45, 7) is 1.79. The van der Waals surface area contributed by atoms with Gasteiger partial charge in [0.15, 0.2) is 0 Å². The van der Waals surface area contributed by atoms with Gasteiger partial charge in [0.1, 0.15) is 5.78 Å². The van der Waals surface area contributed by atoms with Gasteiger partial charge in [-0.3, -0.25) is 14.9 Å². The maximum absolute atomic E-state index is 11.1. The van der Waals surface area contributed by atoms with Crippen LogP contribution in [-0.2, 0) is 10.2 Å². The molecule has 0 unspecified atom stereocenters. The lowest BCUT2D eigenvalue weighted by molar-refractivity contribution is -0.385. The molecule has 2 rings (SSSR count). The molecule has 1 aromatic rings. The zero-order valence-electron chi connectivity index (χ0n) is 9.27. The van der Waals surface area contributed by atoms with Crippen LogP contribution >= 0.6 is 0 Å². The van der Waals surface area contributed by atoms with Crippen LogP contribution in [0, 0.1) is 28.4 Å². The van der Waals surface area contributed by atoms with E-state index in [1.54, 1.807) is 13.0 Å². The lowest BCUT2D eigenvalue weighted by atomic mass is 9.63. The van der Waals surface area contributed by atoms with Gasteiger partial charge in [0.05, 0.1) is 16.4 Å². The molecule has 0 aromatic heterocycles. The van der Waals surface area contributed by atoms with Crippen molar-refractivity contribution in [2.75, 3.05) is 0 Å². The van der Waals surface area contributed by atoms with Crippen molar-refractivity contribution in [2.24, 2.45) is 0 Å². The van der Waals surface area contributed by atoms with Gasteiger partial charge in [-0.25, -0.2) is 0 Å². The summed E-state index contributed by atoms with van der Waals surface area (Å²) in [4.78, 5) is 21.3. The van der Waals surface area contributed by atoms with E-state index in [9.17, 15) is 20.2 Å². The van der Waals surface area contributed by atoms with Crippen molar-refractivity contribution in [3.8, 4) is 6.07 Å². The van der Waals surface area contributed by atoms with Crippen LogP contribution in [-0.4, -0.2) is 10.7 Å². The molecule has 0 aliphatic heterocycles. The lowest BCUT2D eigenvalue weighted by Gasteiger charge is -2.35. The third kappa shape index (κ3) is 1.68. The maximum atomic E-state index is 11.1. The molecule has 0 heterocycles. The van der Waals surface area contributed by atoms with Gasteiger partial charge >= 0.3 is 0 Å². The molecule has 1 aromatic carbocycles. The number of nitriles is 1. The second kappa shape index (κ2) is 3.67. The zero-order valence-corrected chi connectivity index (χ0v) is 9.27. The molecule has 5 nitrogen and oxygen atoms in total. The molecule has 1 aliphatic rings. The van der Waals surface area contributed by atoms with Gasteiger partial charge in [-0.05, 0) is 18.1 Å². The first-order valence-electron chi connectivity index (χ1n) is 5.17. The first-order chi connectivity index (χ1) is 7.98. The molecule has 86 valence electrons. The van der Waals surface area contributed by atoms with Crippen LogP contribution in [0.25, 0.3) is 0 Å². The Hall–Kier alpha value is -2.22. The highest BCUT2D eigenvalue weighted by atomic mass is 16.6. The average molecular weight is 230 g/mol. The molecule has 0 atom stereocenters. The number of nitro benzene ring substituents is 1. The molecule has 0 saturated heterocycles. The SMILES string of the molecule is Cc1ccc([N+](=O)[O-])cc1C1(C#N)CC(=O)C1. The lowest BCUT2D eigenvalue weighted by Crippen LogP contribution is -2.40. The van der Waals surface area contributed by atoms with Gasteiger partial charge in [-0.2, -0.15) is 5.26 Å². The molecule has 5 heteroatoms. The van der Waals surface area contributed by atoms with Crippen LogP contribution in [0.15, 0.2) is 18.2 Å². The summed E-state index contributed by atoms with van der Waals surface area (Å²) in [6.07, 6.45) is 0.316. The summed E-state index contributed by atoms with van der Waals surface area (Å²) < 4.78 is 0. The van der Waals surface area contributed by atoms with Crippen molar-refractivity contribution in [1.82, 2.24) is 0 Å². The van der Waals surface area contributed by atoms with Gasteiger partial charge in [0.25, 0.3) is 5.69 Å². The summed E-state index contributed by atoms with van der Waals surface area (Å²) in [5.41, 5.74) is 0.519. The summed E-state index contributed by atoms with van der Waals surface area (Å²) in [5, 5.41) is 19.9. The molecule has 0 radical (unpaired) electrons. The number of carbonyl (C=O) groups excluding carboxylic acids is 1. The number of nitrogens with zero attached hydrogens (tertiary/aromatic N) is 2. The van der Waals surface area contributed by atoms with E-state index >= 15 is 0 Å². The number of aryl methyl sites for hydroxylation is 1. The molecule has 1 saturated carbocycles. The first kappa shape index (κ1) is 11.3. The van der Waals surface area contributed by atoms with E-state index in [0.717, 1.165) is 5.56 Å². The Morgan fingerprint density at radius 1 is 1.47 bits per heavy atom. The number of benzene rings is 1. The van der Waals surface area contributed by atoms with E-state index in [-0.39, 0.29) is 24.3 Å². The summed E-state index contributed by atoms with van der Waals surface area (Å²) in [7, 11) is 0. The standard InChI is InChI=1S/C12H10N2O3/c1-8-2-3-9(14(16)17)4-11(8)12(7-13)5-10(15)6-12/h2-4H,5-6H2,1H3. The number of hydrogen-bond acceptors (Lipinski definition) is 4. The largest absolute Gasteiger partial charge is 0.300 e. The molecule has 1 fully saturated rings. The molecule has 17 heavy (non-hydrogen) atoms. The van der Waals surface area contributed by atoms with Crippen LogP contribution in [0.3, 0.4) is 0 Å². The molecule has 0 spiro atoms. The third-order valence-corrected chi connectivity index (χ3v) is 3.16. The Labute approximate surface area is 97.8 Å². The molecular weight excluding hydrogens is 220 g/mol. The van der Waals surface area contributed by atoms with Crippen molar-refractivity contribution in [1.29, 1.82) is 5.26 Å². The molecule has 1 aliphatic carbocycles. The number of ketones is 1. The van der Waals surface area contributed by atoms with E-state index in [2.05, 4.69) is 6.07 Å². The molecule has 0 N–H and O–H groups in total. The van der Waals surface area contributed by atoms with Crippen molar-refractivity contribution in [2.45, 2.75) is 25.2 Å². The second-order valence-corrected chi connectivity index (χ2v) is 4.34. The fourth-order valence-corrected chi connectivity index (χ4v) is 2.19. The van der Waals surface area contributed by atoms with Crippen molar-refractivity contribution in [3.63, 3.8) is 0 Å². The summed E-state index contributed by atoms with van der Waals surface area (Å²) >= 11 is 0. The van der Waals surface area contributed by atoms with E-state index in [1.165, 1.54) is 12.1 Å². The second-order valence-electron chi connectivity index (χ2n) is 4.34. The highest BCUT2D eigenvalue weighted by Crippen LogP contribution is 2.43. The Morgan fingerprint density at radius 2 is 2.12 bits per heavy atom. The van der Waals surface area contributed by atoms with E-state index in [1.807, 2.05) is 0 Å². The van der Waals surface area contributed by atoms with E-state index in [0.29, 0.717) is 5.56 Å². The first-order valence-corrected chi connectivity index (χ1v) is 5.17. The summed E-state index contributed by atoms with van der Waals surface area (Å²) in [5.74, 6) is 0.0254. The number of rotatable bonds is 2. The normalized spacial score (nSPS) is 17.1. The fraction of sp³-hybridized carbons (Fsp3) is 0.333. The average Bonchev–Trinajstić information content (AvgIpc) is 2.25.